The number of methoxy groups -OCH3 is 3. The van der Waals surface area contributed by atoms with E-state index in [2.05, 4.69) is 30.4 Å². The summed E-state index contributed by atoms with van der Waals surface area (Å²) in [6.07, 6.45) is 5.07. The van der Waals surface area contributed by atoms with Gasteiger partial charge in [-0.2, -0.15) is 0 Å². The van der Waals surface area contributed by atoms with Crippen molar-refractivity contribution < 1.29 is 14.2 Å². The summed E-state index contributed by atoms with van der Waals surface area (Å²) in [5.41, 5.74) is 5.49. The SMILES string of the molecule is COc1cc(CN[C@H](C)c2ccc3c(c2)CCCC3)cc(OC)c1OC. The zero-order chi connectivity index (χ0) is 18.5. The van der Waals surface area contributed by atoms with Crippen molar-refractivity contribution in [2.24, 2.45) is 0 Å². The molecule has 140 valence electrons. The second-order valence-electron chi connectivity index (χ2n) is 6.87. The van der Waals surface area contributed by atoms with Gasteiger partial charge in [-0.1, -0.05) is 18.2 Å². The maximum Gasteiger partial charge on any atom is 0.203 e. The molecule has 4 nitrogen and oxygen atoms in total. The van der Waals surface area contributed by atoms with Crippen molar-refractivity contribution in [1.82, 2.24) is 5.32 Å². The molecule has 2 aromatic carbocycles. The topological polar surface area (TPSA) is 39.7 Å². The van der Waals surface area contributed by atoms with Crippen molar-refractivity contribution in [3.8, 4) is 17.2 Å². The fourth-order valence-electron chi connectivity index (χ4n) is 3.65. The van der Waals surface area contributed by atoms with Gasteiger partial charge in [-0.25, -0.2) is 0 Å². The smallest absolute Gasteiger partial charge is 0.203 e. The first-order valence-electron chi connectivity index (χ1n) is 9.30. The zero-order valence-electron chi connectivity index (χ0n) is 16.2. The summed E-state index contributed by atoms with van der Waals surface area (Å²) < 4.78 is 16.3. The highest BCUT2D eigenvalue weighted by atomic mass is 16.5. The van der Waals surface area contributed by atoms with Crippen LogP contribution in [0.1, 0.15) is 48.1 Å². The quantitative estimate of drug-likeness (QED) is 0.797. The zero-order valence-corrected chi connectivity index (χ0v) is 16.2. The Morgan fingerprint density at radius 2 is 1.54 bits per heavy atom. The molecule has 0 unspecified atom stereocenters. The Hall–Kier alpha value is -2.20. The first-order valence-corrected chi connectivity index (χ1v) is 9.30. The molecule has 0 aromatic heterocycles. The predicted molar refractivity (Wildman–Crippen MR) is 104 cm³/mol. The van der Waals surface area contributed by atoms with Crippen molar-refractivity contribution in [3.63, 3.8) is 0 Å². The van der Waals surface area contributed by atoms with Crippen molar-refractivity contribution in [3.05, 3.63) is 52.6 Å². The van der Waals surface area contributed by atoms with Crippen molar-refractivity contribution >= 4 is 0 Å². The minimum atomic E-state index is 0.279. The molecule has 0 aliphatic heterocycles. The van der Waals surface area contributed by atoms with Gasteiger partial charge >= 0.3 is 0 Å². The summed E-state index contributed by atoms with van der Waals surface area (Å²) in [6, 6.07) is 11.2. The Balaban J connectivity index is 1.72. The third-order valence-electron chi connectivity index (χ3n) is 5.21. The van der Waals surface area contributed by atoms with Crippen LogP contribution in [0.15, 0.2) is 30.3 Å². The van der Waals surface area contributed by atoms with E-state index in [1.165, 1.54) is 42.4 Å². The summed E-state index contributed by atoms with van der Waals surface area (Å²) in [6.45, 7) is 2.94. The fraction of sp³-hybridized carbons (Fsp3) is 0.455. The maximum atomic E-state index is 5.44. The molecule has 0 spiro atoms. The first-order chi connectivity index (χ1) is 12.7. The average molecular weight is 355 g/mol. The Morgan fingerprint density at radius 3 is 2.15 bits per heavy atom. The minimum absolute atomic E-state index is 0.279. The summed E-state index contributed by atoms with van der Waals surface area (Å²) in [5.74, 6) is 2.00. The van der Waals surface area contributed by atoms with Gasteiger partial charge in [0, 0.05) is 12.6 Å². The molecule has 0 radical (unpaired) electrons. The molecule has 0 bridgehead atoms. The van der Waals surface area contributed by atoms with Gasteiger partial charge < -0.3 is 19.5 Å². The third-order valence-corrected chi connectivity index (χ3v) is 5.21. The van der Waals surface area contributed by atoms with E-state index in [1.54, 1.807) is 21.3 Å². The van der Waals surface area contributed by atoms with Crippen LogP contribution in [0.5, 0.6) is 17.2 Å². The van der Waals surface area contributed by atoms with Crippen LogP contribution in [0.3, 0.4) is 0 Å². The van der Waals surface area contributed by atoms with E-state index in [-0.39, 0.29) is 6.04 Å². The van der Waals surface area contributed by atoms with Crippen LogP contribution < -0.4 is 19.5 Å². The molecule has 1 aliphatic rings. The molecule has 1 atom stereocenters. The highest BCUT2D eigenvalue weighted by Crippen LogP contribution is 2.38. The number of nitrogens with one attached hydrogen (secondary N) is 1. The molecule has 2 aromatic rings. The van der Waals surface area contributed by atoms with Gasteiger partial charge in [0.15, 0.2) is 11.5 Å². The first kappa shape index (κ1) is 18.6. The number of fused-ring (bicyclic) bond motifs is 1. The minimum Gasteiger partial charge on any atom is -0.493 e. The van der Waals surface area contributed by atoms with Crippen molar-refractivity contribution in [1.29, 1.82) is 0 Å². The highest BCUT2D eigenvalue weighted by molar-refractivity contribution is 5.53. The normalized spacial score (nSPS) is 14.5. The van der Waals surface area contributed by atoms with E-state index >= 15 is 0 Å². The number of hydrogen-bond acceptors (Lipinski definition) is 4. The lowest BCUT2D eigenvalue weighted by Gasteiger charge is -2.20. The lowest BCUT2D eigenvalue weighted by Crippen LogP contribution is -2.19. The van der Waals surface area contributed by atoms with Gasteiger partial charge in [0.2, 0.25) is 5.75 Å². The molecule has 0 amide bonds. The summed E-state index contributed by atoms with van der Waals surface area (Å²) in [7, 11) is 4.91. The van der Waals surface area contributed by atoms with E-state index in [4.69, 9.17) is 14.2 Å². The van der Waals surface area contributed by atoms with Crippen LogP contribution in [0, 0.1) is 0 Å². The molecule has 4 heteroatoms. The molecule has 0 saturated carbocycles. The molecule has 3 rings (SSSR count). The number of rotatable bonds is 7. The fourth-order valence-corrected chi connectivity index (χ4v) is 3.65. The average Bonchev–Trinajstić information content (AvgIpc) is 2.70. The second kappa shape index (κ2) is 8.45. The van der Waals surface area contributed by atoms with Crippen molar-refractivity contribution in [2.75, 3.05) is 21.3 Å². The lowest BCUT2D eigenvalue weighted by atomic mass is 9.89. The van der Waals surface area contributed by atoms with Crippen LogP contribution in [0.2, 0.25) is 0 Å². The van der Waals surface area contributed by atoms with Crippen LogP contribution >= 0.6 is 0 Å². The van der Waals surface area contributed by atoms with Crippen LogP contribution in [0.25, 0.3) is 0 Å². The molecule has 26 heavy (non-hydrogen) atoms. The lowest BCUT2D eigenvalue weighted by molar-refractivity contribution is 0.323. The standard InChI is InChI=1S/C22H29NO3/c1-15(18-10-9-17-7-5-6-8-19(17)13-18)23-14-16-11-20(24-2)22(26-4)21(12-16)25-3/h9-13,15,23H,5-8,14H2,1-4H3/t15-/m1/s1. The predicted octanol–water partition coefficient (Wildman–Crippen LogP) is 4.44. The van der Waals surface area contributed by atoms with Gasteiger partial charge in [-0.3, -0.25) is 0 Å². The summed E-state index contributed by atoms with van der Waals surface area (Å²) >= 11 is 0. The summed E-state index contributed by atoms with van der Waals surface area (Å²) in [4.78, 5) is 0. The molecule has 1 aliphatic carbocycles. The largest absolute Gasteiger partial charge is 0.493 e. The van der Waals surface area contributed by atoms with Gasteiger partial charge in [-0.05, 0) is 67.0 Å². The van der Waals surface area contributed by atoms with E-state index in [0.29, 0.717) is 17.2 Å². The Bertz CT molecular complexity index is 732. The Morgan fingerprint density at radius 1 is 0.885 bits per heavy atom. The Labute approximate surface area is 156 Å². The maximum absolute atomic E-state index is 5.44. The van der Waals surface area contributed by atoms with Crippen LogP contribution in [-0.2, 0) is 19.4 Å². The molecule has 0 saturated heterocycles. The van der Waals surface area contributed by atoms with Crippen LogP contribution in [-0.4, -0.2) is 21.3 Å². The van der Waals surface area contributed by atoms with E-state index in [1.807, 2.05) is 12.1 Å². The van der Waals surface area contributed by atoms with E-state index in [0.717, 1.165) is 12.1 Å². The number of ether oxygens (including phenoxy) is 3. The van der Waals surface area contributed by atoms with Crippen LogP contribution in [0.4, 0.5) is 0 Å². The number of hydrogen-bond donors (Lipinski definition) is 1. The summed E-state index contributed by atoms with van der Waals surface area (Å²) in [5, 5.41) is 3.61. The molecular weight excluding hydrogens is 326 g/mol. The number of aryl methyl sites for hydroxylation is 2. The van der Waals surface area contributed by atoms with E-state index < -0.39 is 0 Å². The second-order valence-corrected chi connectivity index (χ2v) is 6.87. The van der Waals surface area contributed by atoms with Crippen molar-refractivity contribution in [2.45, 2.75) is 45.2 Å². The number of benzene rings is 2. The molecule has 0 fully saturated rings. The van der Waals surface area contributed by atoms with Gasteiger partial charge in [0.25, 0.3) is 0 Å². The molecule has 0 heterocycles. The molecular formula is C22H29NO3. The van der Waals surface area contributed by atoms with Gasteiger partial charge in [-0.15, -0.1) is 0 Å². The van der Waals surface area contributed by atoms with Gasteiger partial charge in [0.1, 0.15) is 0 Å². The van der Waals surface area contributed by atoms with E-state index in [9.17, 15) is 0 Å². The third kappa shape index (κ3) is 3.96. The molecule has 1 N–H and O–H groups in total. The monoisotopic (exact) mass is 355 g/mol. The highest BCUT2D eigenvalue weighted by Gasteiger charge is 2.15. The van der Waals surface area contributed by atoms with Gasteiger partial charge in [0.05, 0.1) is 21.3 Å². The Kier molecular flexibility index (Phi) is 6.04.